The van der Waals surface area contributed by atoms with Crippen LogP contribution in [0.3, 0.4) is 0 Å². The fourth-order valence-corrected chi connectivity index (χ4v) is 3.90. The highest BCUT2D eigenvalue weighted by molar-refractivity contribution is 6.05. The molecule has 4 rings (SSSR count). The second-order valence-corrected chi connectivity index (χ2v) is 7.17. The van der Waals surface area contributed by atoms with Gasteiger partial charge in [0.05, 0.1) is 11.8 Å². The standard InChI is InChI=1S/C22H24N2O2/c1-2-15-8-3-5-11-19(15)23-21(25)17-14-18(17)22(26)24-13-7-10-16-9-4-6-12-20(16)24/h3-6,8-9,11-12,17-18H,2,7,10,13-14H2,1H3,(H,23,25). The summed E-state index contributed by atoms with van der Waals surface area (Å²) in [5.41, 5.74) is 4.23. The molecule has 4 nitrogen and oxygen atoms in total. The van der Waals surface area contributed by atoms with Crippen LogP contribution in [0.5, 0.6) is 0 Å². The lowest BCUT2D eigenvalue weighted by Gasteiger charge is -2.29. The highest BCUT2D eigenvalue weighted by Crippen LogP contribution is 2.42. The lowest BCUT2D eigenvalue weighted by molar-refractivity contribution is -0.123. The Labute approximate surface area is 154 Å². The molecular formula is C22H24N2O2. The molecule has 1 aliphatic heterocycles. The second kappa shape index (κ2) is 6.94. The van der Waals surface area contributed by atoms with Crippen LogP contribution in [0.25, 0.3) is 0 Å². The van der Waals surface area contributed by atoms with E-state index in [0.717, 1.165) is 42.7 Å². The first-order valence-corrected chi connectivity index (χ1v) is 9.47. The molecule has 2 atom stereocenters. The minimum atomic E-state index is -0.207. The van der Waals surface area contributed by atoms with Crippen molar-refractivity contribution in [2.24, 2.45) is 11.8 Å². The van der Waals surface area contributed by atoms with Gasteiger partial charge in [-0.25, -0.2) is 0 Å². The highest BCUT2D eigenvalue weighted by Gasteiger charge is 2.50. The van der Waals surface area contributed by atoms with Crippen molar-refractivity contribution < 1.29 is 9.59 Å². The van der Waals surface area contributed by atoms with Gasteiger partial charge in [-0.3, -0.25) is 9.59 Å². The summed E-state index contributed by atoms with van der Waals surface area (Å²) in [5.74, 6) is -0.327. The first kappa shape index (κ1) is 16.8. The molecule has 0 radical (unpaired) electrons. The monoisotopic (exact) mass is 348 g/mol. The van der Waals surface area contributed by atoms with Crippen LogP contribution in [0.1, 0.15) is 30.9 Å². The molecule has 2 unspecified atom stereocenters. The van der Waals surface area contributed by atoms with Gasteiger partial charge in [-0.05, 0) is 48.9 Å². The quantitative estimate of drug-likeness (QED) is 0.913. The van der Waals surface area contributed by atoms with Gasteiger partial charge in [-0.1, -0.05) is 43.3 Å². The molecule has 2 aromatic rings. The molecule has 0 saturated heterocycles. The Bertz CT molecular complexity index is 846. The molecule has 1 aliphatic carbocycles. The first-order valence-electron chi connectivity index (χ1n) is 9.47. The van der Waals surface area contributed by atoms with Gasteiger partial charge in [0, 0.05) is 17.9 Å². The Balaban J connectivity index is 1.44. The molecular weight excluding hydrogens is 324 g/mol. The van der Waals surface area contributed by atoms with Crippen LogP contribution < -0.4 is 10.2 Å². The zero-order chi connectivity index (χ0) is 18.1. The number of anilines is 2. The molecule has 2 amide bonds. The van der Waals surface area contributed by atoms with E-state index in [1.165, 1.54) is 5.56 Å². The van der Waals surface area contributed by atoms with E-state index in [2.05, 4.69) is 18.3 Å². The number of para-hydroxylation sites is 2. The number of hydrogen-bond acceptors (Lipinski definition) is 2. The number of nitrogens with zero attached hydrogens (tertiary/aromatic N) is 1. The molecule has 0 aromatic heterocycles. The molecule has 1 fully saturated rings. The number of rotatable bonds is 4. The second-order valence-electron chi connectivity index (χ2n) is 7.17. The fraction of sp³-hybridized carbons (Fsp3) is 0.364. The Morgan fingerprint density at radius 3 is 2.69 bits per heavy atom. The van der Waals surface area contributed by atoms with Gasteiger partial charge in [0.1, 0.15) is 0 Å². The van der Waals surface area contributed by atoms with Gasteiger partial charge in [0.25, 0.3) is 0 Å². The van der Waals surface area contributed by atoms with E-state index in [1.807, 2.05) is 47.4 Å². The van der Waals surface area contributed by atoms with Gasteiger partial charge in [0.2, 0.25) is 11.8 Å². The Morgan fingerprint density at radius 2 is 1.85 bits per heavy atom. The molecule has 1 saturated carbocycles. The number of nitrogens with one attached hydrogen (secondary N) is 1. The van der Waals surface area contributed by atoms with E-state index in [9.17, 15) is 9.59 Å². The SMILES string of the molecule is CCc1ccccc1NC(=O)C1CC1C(=O)N1CCCc2ccccc21. The molecule has 1 N–H and O–H groups in total. The molecule has 1 heterocycles. The Hall–Kier alpha value is -2.62. The van der Waals surface area contributed by atoms with Gasteiger partial charge in [-0.15, -0.1) is 0 Å². The van der Waals surface area contributed by atoms with Crippen LogP contribution in [0, 0.1) is 11.8 Å². The van der Waals surface area contributed by atoms with Gasteiger partial charge in [-0.2, -0.15) is 0 Å². The maximum absolute atomic E-state index is 13.0. The van der Waals surface area contributed by atoms with E-state index >= 15 is 0 Å². The van der Waals surface area contributed by atoms with Crippen LogP contribution in [-0.4, -0.2) is 18.4 Å². The molecule has 0 spiro atoms. The highest BCUT2D eigenvalue weighted by atomic mass is 16.2. The minimum absolute atomic E-state index is 0.0328. The predicted molar refractivity (Wildman–Crippen MR) is 103 cm³/mol. The van der Waals surface area contributed by atoms with E-state index in [-0.39, 0.29) is 23.7 Å². The van der Waals surface area contributed by atoms with Crippen molar-refractivity contribution in [1.82, 2.24) is 0 Å². The van der Waals surface area contributed by atoms with Gasteiger partial charge >= 0.3 is 0 Å². The van der Waals surface area contributed by atoms with Crippen molar-refractivity contribution in [3.63, 3.8) is 0 Å². The van der Waals surface area contributed by atoms with E-state index in [4.69, 9.17) is 0 Å². The van der Waals surface area contributed by atoms with E-state index < -0.39 is 0 Å². The molecule has 26 heavy (non-hydrogen) atoms. The van der Waals surface area contributed by atoms with Crippen molar-refractivity contribution >= 4 is 23.2 Å². The third-order valence-electron chi connectivity index (χ3n) is 5.48. The predicted octanol–water partition coefficient (Wildman–Crippen LogP) is 3.80. The summed E-state index contributed by atoms with van der Waals surface area (Å²) in [5, 5.41) is 3.02. The molecule has 2 aromatic carbocycles. The van der Waals surface area contributed by atoms with Crippen molar-refractivity contribution in [3.05, 3.63) is 59.7 Å². The lowest BCUT2D eigenvalue weighted by atomic mass is 10.0. The van der Waals surface area contributed by atoms with Gasteiger partial charge < -0.3 is 10.2 Å². The van der Waals surface area contributed by atoms with Crippen LogP contribution in [0.4, 0.5) is 11.4 Å². The number of carbonyl (C=O) groups is 2. The van der Waals surface area contributed by atoms with Crippen LogP contribution >= 0.6 is 0 Å². The smallest absolute Gasteiger partial charge is 0.230 e. The Morgan fingerprint density at radius 1 is 1.08 bits per heavy atom. The van der Waals surface area contributed by atoms with Crippen molar-refractivity contribution in [1.29, 1.82) is 0 Å². The van der Waals surface area contributed by atoms with Crippen LogP contribution in [0.15, 0.2) is 48.5 Å². The summed E-state index contributed by atoms with van der Waals surface area (Å²) < 4.78 is 0. The zero-order valence-electron chi connectivity index (χ0n) is 15.1. The number of fused-ring (bicyclic) bond motifs is 1. The third kappa shape index (κ3) is 3.12. The van der Waals surface area contributed by atoms with Crippen molar-refractivity contribution in [2.75, 3.05) is 16.8 Å². The fourth-order valence-electron chi connectivity index (χ4n) is 3.90. The van der Waals surface area contributed by atoms with Crippen molar-refractivity contribution in [3.8, 4) is 0 Å². The normalized spacial score (nSPS) is 21.0. The Kier molecular flexibility index (Phi) is 4.49. The molecule has 2 aliphatic rings. The molecule has 134 valence electrons. The van der Waals surface area contributed by atoms with E-state index in [0.29, 0.717) is 6.42 Å². The van der Waals surface area contributed by atoms with Gasteiger partial charge in [0.15, 0.2) is 0 Å². The number of hydrogen-bond donors (Lipinski definition) is 1. The number of amides is 2. The van der Waals surface area contributed by atoms with Crippen LogP contribution in [0.2, 0.25) is 0 Å². The zero-order valence-corrected chi connectivity index (χ0v) is 15.1. The average Bonchev–Trinajstić information content (AvgIpc) is 3.48. The summed E-state index contributed by atoms with van der Waals surface area (Å²) in [7, 11) is 0. The molecule has 0 bridgehead atoms. The minimum Gasteiger partial charge on any atom is -0.326 e. The lowest BCUT2D eigenvalue weighted by Crippen LogP contribution is -2.37. The topological polar surface area (TPSA) is 49.4 Å². The maximum atomic E-state index is 13.0. The summed E-state index contributed by atoms with van der Waals surface area (Å²) in [6, 6.07) is 16.0. The summed E-state index contributed by atoms with van der Waals surface area (Å²) in [4.78, 5) is 27.4. The number of carbonyl (C=O) groups excluding carboxylic acids is 2. The molecule has 4 heteroatoms. The first-order chi connectivity index (χ1) is 12.7. The third-order valence-corrected chi connectivity index (χ3v) is 5.48. The van der Waals surface area contributed by atoms with Crippen LogP contribution in [-0.2, 0) is 22.4 Å². The summed E-state index contributed by atoms with van der Waals surface area (Å²) in [6.07, 6.45) is 3.52. The maximum Gasteiger partial charge on any atom is 0.230 e. The average molecular weight is 348 g/mol. The number of aryl methyl sites for hydroxylation is 2. The largest absolute Gasteiger partial charge is 0.326 e. The van der Waals surface area contributed by atoms with E-state index in [1.54, 1.807) is 0 Å². The number of benzene rings is 2. The van der Waals surface area contributed by atoms with Crippen molar-refractivity contribution in [2.45, 2.75) is 32.6 Å². The summed E-state index contributed by atoms with van der Waals surface area (Å²) >= 11 is 0. The summed E-state index contributed by atoms with van der Waals surface area (Å²) in [6.45, 7) is 2.82.